The average Bonchev–Trinajstić information content (AvgIpc) is 2.65. The quantitative estimate of drug-likeness (QED) is 0.573. The third-order valence-electron chi connectivity index (χ3n) is 4.73. The molecule has 0 aliphatic heterocycles. The molecule has 2 aromatic rings. The number of rotatable bonds is 7. The molecule has 0 amide bonds. The van der Waals surface area contributed by atoms with Crippen LogP contribution in [0.3, 0.4) is 0 Å². The van der Waals surface area contributed by atoms with Gasteiger partial charge >= 0.3 is 5.97 Å². The van der Waals surface area contributed by atoms with E-state index >= 15 is 0 Å². The second-order valence-corrected chi connectivity index (χ2v) is 7.62. The summed E-state index contributed by atoms with van der Waals surface area (Å²) in [6.07, 6.45) is -0.272. The molecule has 0 fully saturated rings. The Balaban J connectivity index is 0.00000364. The van der Waals surface area contributed by atoms with Crippen LogP contribution in [0.2, 0.25) is 0 Å². The van der Waals surface area contributed by atoms with Gasteiger partial charge in [-0.1, -0.05) is 77.1 Å². The van der Waals surface area contributed by atoms with Gasteiger partial charge in [-0.05, 0) is 41.8 Å². The van der Waals surface area contributed by atoms with Crippen LogP contribution in [0.1, 0.15) is 62.2 Å². The smallest absolute Gasteiger partial charge is 0.338 e. The molecule has 0 radical (unpaired) electrons. The molecule has 0 aromatic heterocycles. The van der Waals surface area contributed by atoms with Crippen LogP contribution in [-0.2, 0) is 10.2 Å². The van der Waals surface area contributed by atoms with E-state index in [4.69, 9.17) is 4.74 Å². The Labute approximate surface area is 170 Å². The van der Waals surface area contributed by atoms with Crippen LogP contribution in [0.15, 0.2) is 54.6 Å². The van der Waals surface area contributed by atoms with Gasteiger partial charge in [0.15, 0.2) is 0 Å². The van der Waals surface area contributed by atoms with Crippen LogP contribution in [0.5, 0.6) is 0 Å². The number of nitrogens with zero attached hydrogens (tertiary/aromatic N) is 1. The van der Waals surface area contributed by atoms with Crippen LogP contribution in [-0.4, -0.2) is 30.5 Å². The van der Waals surface area contributed by atoms with Gasteiger partial charge in [-0.2, -0.15) is 0 Å². The fourth-order valence-corrected chi connectivity index (χ4v) is 2.90. The third-order valence-corrected chi connectivity index (χ3v) is 4.73. The summed E-state index contributed by atoms with van der Waals surface area (Å²) in [7, 11) is 0. The highest BCUT2D eigenvalue weighted by molar-refractivity contribution is 5.89. The van der Waals surface area contributed by atoms with Gasteiger partial charge < -0.3 is 4.74 Å². The zero-order valence-electron chi connectivity index (χ0n) is 17.1. The van der Waals surface area contributed by atoms with Crippen molar-refractivity contribution in [3.63, 3.8) is 0 Å². The molecule has 0 saturated heterocycles. The van der Waals surface area contributed by atoms with E-state index in [-0.39, 0.29) is 29.9 Å². The highest BCUT2D eigenvalue weighted by atomic mass is 35.5. The van der Waals surface area contributed by atoms with Crippen molar-refractivity contribution in [2.45, 2.75) is 46.1 Å². The standard InChI is InChI=1S/C23H31NO2.ClH/c1-6-24(7-2)17-21(18-11-9-8-10-12-18)26-22(25)19-13-15-20(16-14-19)23(3,4)5;/h8-16,21H,6-7,17H2,1-5H3;1H. The van der Waals surface area contributed by atoms with E-state index < -0.39 is 0 Å². The van der Waals surface area contributed by atoms with Crippen molar-refractivity contribution in [3.05, 3.63) is 71.3 Å². The monoisotopic (exact) mass is 389 g/mol. The number of halogens is 1. The molecule has 148 valence electrons. The maximum atomic E-state index is 12.7. The number of carbonyl (C=O) groups excluding carboxylic acids is 1. The van der Waals surface area contributed by atoms with E-state index in [2.05, 4.69) is 39.5 Å². The Morgan fingerprint density at radius 2 is 1.52 bits per heavy atom. The van der Waals surface area contributed by atoms with Gasteiger partial charge in [-0.25, -0.2) is 4.79 Å². The Hall–Kier alpha value is -1.84. The SMILES string of the molecule is CCN(CC)CC(OC(=O)c1ccc(C(C)(C)C)cc1)c1ccccc1.Cl. The van der Waals surface area contributed by atoms with E-state index in [1.165, 1.54) is 5.56 Å². The van der Waals surface area contributed by atoms with Gasteiger partial charge in [-0.15, -0.1) is 12.4 Å². The summed E-state index contributed by atoms with van der Waals surface area (Å²) in [4.78, 5) is 15.0. The second kappa shape index (κ2) is 10.5. The molecule has 0 bridgehead atoms. The zero-order chi connectivity index (χ0) is 19.2. The highest BCUT2D eigenvalue weighted by Crippen LogP contribution is 2.24. The molecule has 0 aliphatic carbocycles. The van der Waals surface area contributed by atoms with Gasteiger partial charge in [0.25, 0.3) is 0 Å². The molecule has 3 nitrogen and oxygen atoms in total. The topological polar surface area (TPSA) is 29.5 Å². The molecular formula is C23H32ClNO2. The first-order valence-corrected chi connectivity index (χ1v) is 9.44. The van der Waals surface area contributed by atoms with Crippen LogP contribution < -0.4 is 0 Å². The lowest BCUT2D eigenvalue weighted by molar-refractivity contribution is 0.0204. The molecule has 0 spiro atoms. The third kappa shape index (κ3) is 6.67. The first-order chi connectivity index (χ1) is 12.3. The first kappa shape index (κ1) is 23.2. The van der Waals surface area contributed by atoms with E-state index in [0.29, 0.717) is 12.1 Å². The molecule has 0 N–H and O–H groups in total. The molecule has 0 saturated carbocycles. The van der Waals surface area contributed by atoms with Crippen molar-refractivity contribution >= 4 is 18.4 Å². The summed E-state index contributed by atoms with van der Waals surface area (Å²) in [5.74, 6) is -0.272. The molecule has 1 unspecified atom stereocenters. The second-order valence-electron chi connectivity index (χ2n) is 7.62. The number of likely N-dealkylation sites (N-methyl/N-ethyl adjacent to an activating group) is 1. The van der Waals surface area contributed by atoms with Gasteiger partial charge in [0.2, 0.25) is 0 Å². The fourth-order valence-electron chi connectivity index (χ4n) is 2.90. The Bertz CT molecular complexity index is 689. The normalized spacial score (nSPS) is 12.4. The van der Waals surface area contributed by atoms with Crippen LogP contribution in [0, 0.1) is 0 Å². The van der Waals surface area contributed by atoms with Crippen molar-refractivity contribution in [2.75, 3.05) is 19.6 Å². The minimum atomic E-state index is -0.272. The first-order valence-electron chi connectivity index (χ1n) is 9.44. The number of hydrogen-bond donors (Lipinski definition) is 0. The molecule has 2 aromatic carbocycles. The largest absolute Gasteiger partial charge is 0.453 e. The van der Waals surface area contributed by atoms with Crippen molar-refractivity contribution in [2.24, 2.45) is 0 Å². The van der Waals surface area contributed by atoms with Crippen molar-refractivity contribution < 1.29 is 9.53 Å². The van der Waals surface area contributed by atoms with Gasteiger partial charge in [-0.3, -0.25) is 4.90 Å². The van der Waals surface area contributed by atoms with Crippen LogP contribution in [0.25, 0.3) is 0 Å². The lowest BCUT2D eigenvalue weighted by Gasteiger charge is -2.26. The van der Waals surface area contributed by atoms with E-state index in [0.717, 1.165) is 18.7 Å². The van der Waals surface area contributed by atoms with Gasteiger partial charge in [0.05, 0.1) is 5.56 Å². The van der Waals surface area contributed by atoms with E-state index in [1.807, 2.05) is 54.6 Å². The molecule has 0 heterocycles. The molecule has 4 heteroatoms. The van der Waals surface area contributed by atoms with Crippen molar-refractivity contribution in [1.82, 2.24) is 4.90 Å². The number of ether oxygens (including phenoxy) is 1. The lowest BCUT2D eigenvalue weighted by Crippen LogP contribution is -2.30. The van der Waals surface area contributed by atoms with E-state index in [9.17, 15) is 4.79 Å². The van der Waals surface area contributed by atoms with Gasteiger partial charge in [0, 0.05) is 6.54 Å². The Kier molecular flexibility index (Phi) is 9.01. The van der Waals surface area contributed by atoms with Gasteiger partial charge in [0.1, 0.15) is 6.10 Å². The summed E-state index contributed by atoms with van der Waals surface area (Å²) in [6.45, 7) is 13.3. The highest BCUT2D eigenvalue weighted by Gasteiger charge is 2.21. The number of carbonyl (C=O) groups is 1. The number of benzene rings is 2. The minimum Gasteiger partial charge on any atom is -0.453 e. The summed E-state index contributed by atoms with van der Waals surface area (Å²) in [6, 6.07) is 17.7. The van der Waals surface area contributed by atoms with Crippen molar-refractivity contribution in [3.8, 4) is 0 Å². The number of esters is 1. The Morgan fingerprint density at radius 1 is 0.963 bits per heavy atom. The summed E-state index contributed by atoms with van der Waals surface area (Å²) >= 11 is 0. The van der Waals surface area contributed by atoms with Crippen molar-refractivity contribution in [1.29, 1.82) is 0 Å². The molecule has 27 heavy (non-hydrogen) atoms. The van der Waals surface area contributed by atoms with Crippen LogP contribution >= 0.6 is 12.4 Å². The lowest BCUT2D eigenvalue weighted by atomic mass is 9.87. The predicted octanol–water partition coefficient (Wildman–Crippen LogP) is 5.65. The summed E-state index contributed by atoms with van der Waals surface area (Å²) in [5, 5.41) is 0. The van der Waals surface area contributed by atoms with Crippen LogP contribution in [0.4, 0.5) is 0 Å². The fraction of sp³-hybridized carbons (Fsp3) is 0.435. The van der Waals surface area contributed by atoms with E-state index in [1.54, 1.807) is 0 Å². The molecule has 2 rings (SSSR count). The predicted molar refractivity (Wildman–Crippen MR) is 115 cm³/mol. The minimum absolute atomic E-state index is 0. The average molecular weight is 390 g/mol. The maximum Gasteiger partial charge on any atom is 0.338 e. The molecular weight excluding hydrogens is 358 g/mol. The Morgan fingerprint density at radius 3 is 2.00 bits per heavy atom. The summed E-state index contributed by atoms with van der Waals surface area (Å²) in [5.41, 5.74) is 2.90. The molecule has 1 atom stereocenters. The number of hydrogen-bond acceptors (Lipinski definition) is 3. The maximum absolute atomic E-state index is 12.7. The molecule has 0 aliphatic rings. The summed E-state index contributed by atoms with van der Waals surface area (Å²) < 4.78 is 5.90. The zero-order valence-corrected chi connectivity index (χ0v) is 17.9.